The number of halogens is 1. The molecular formula is C15H13ClN2S. The highest BCUT2D eigenvalue weighted by atomic mass is 35.5. The predicted molar refractivity (Wildman–Crippen MR) is 83.1 cm³/mol. The lowest BCUT2D eigenvalue weighted by Gasteiger charge is -2.10. The van der Waals surface area contributed by atoms with Crippen molar-refractivity contribution in [3.63, 3.8) is 0 Å². The molecule has 3 aromatic rings. The van der Waals surface area contributed by atoms with Gasteiger partial charge in [0.25, 0.3) is 0 Å². The van der Waals surface area contributed by atoms with Crippen LogP contribution in [0.4, 0.5) is 5.69 Å². The van der Waals surface area contributed by atoms with Gasteiger partial charge in [-0.25, -0.2) is 0 Å². The van der Waals surface area contributed by atoms with Crippen molar-refractivity contribution in [2.75, 3.05) is 5.32 Å². The van der Waals surface area contributed by atoms with Crippen LogP contribution >= 0.6 is 22.9 Å². The van der Waals surface area contributed by atoms with Gasteiger partial charge in [0.2, 0.25) is 0 Å². The Morgan fingerprint density at radius 3 is 2.95 bits per heavy atom. The van der Waals surface area contributed by atoms with Crippen molar-refractivity contribution in [1.29, 1.82) is 0 Å². The number of rotatable bonds is 3. The average molecular weight is 289 g/mol. The molecule has 0 radical (unpaired) electrons. The van der Waals surface area contributed by atoms with Crippen LogP contribution in [0.5, 0.6) is 0 Å². The summed E-state index contributed by atoms with van der Waals surface area (Å²) in [6, 6.07) is 10.0. The Kier molecular flexibility index (Phi) is 3.40. The molecule has 4 heteroatoms. The van der Waals surface area contributed by atoms with Gasteiger partial charge in [0.15, 0.2) is 0 Å². The van der Waals surface area contributed by atoms with Crippen molar-refractivity contribution >= 4 is 39.5 Å². The fourth-order valence-electron chi connectivity index (χ4n) is 2.05. The Morgan fingerprint density at radius 2 is 2.16 bits per heavy atom. The van der Waals surface area contributed by atoms with Gasteiger partial charge in [-0.05, 0) is 48.2 Å². The molecule has 0 aliphatic carbocycles. The van der Waals surface area contributed by atoms with E-state index in [0.717, 1.165) is 23.1 Å². The summed E-state index contributed by atoms with van der Waals surface area (Å²) in [5.41, 5.74) is 3.24. The molecule has 3 rings (SSSR count). The van der Waals surface area contributed by atoms with Crippen LogP contribution in [0.25, 0.3) is 10.9 Å². The van der Waals surface area contributed by atoms with Crippen molar-refractivity contribution in [2.45, 2.75) is 13.5 Å². The number of aromatic nitrogens is 1. The summed E-state index contributed by atoms with van der Waals surface area (Å²) in [4.78, 5) is 5.69. The summed E-state index contributed by atoms with van der Waals surface area (Å²) in [5.74, 6) is 0. The van der Waals surface area contributed by atoms with Crippen molar-refractivity contribution in [1.82, 2.24) is 4.98 Å². The summed E-state index contributed by atoms with van der Waals surface area (Å²) in [7, 11) is 0. The minimum atomic E-state index is 0.688. The zero-order valence-corrected chi connectivity index (χ0v) is 12.1. The van der Waals surface area contributed by atoms with E-state index in [1.165, 1.54) is 10.4 Å². The minimum absolute atomic E-state index is 0.688. The van der Waals surface area contributed by atoms with Crippen molar-refractivity contribution < 1.29 is 0 Å². The lowest BCUT2D eigenvalue weighted by atomic mass is 10.1. The van der Waals surface area contributed by atoms with E-state index < -0.39 is 0 Å². The predicted octanol–water partition coefficient (Wildman–Crippen LogP) is 4.87. The Balaban J connectivity index is 1.93. The maximum Gasteiger partial charge on any atom is 0.0908 e. The van der Waals surface area contributed by atoms with E-state index in [1.54, 1.807) is 17.5 Å². The van der Waals surface area contributed by atoms with Crippen LogP contribution in [0.2, 0.25) is 5.02 Å². The lowest BCUT2D eigenvalue weighted by molar-refractivity contribution is 1.17. The lowest BCUT2D eigenvalue weighted by Crippen LogP contribution is -1.99. The first-order chi connectivity index (χ1) is 9.25. The standard InChI is InChI=1S/C15H13ClN2S/c1-10-6-8-19-14(10)9-18-13-5-4-12(16)15-11(13)3-2-7-17-15/h2-8,18H,9H2,1H3. The maximum absolute atomic E-state index is 6.17. The van der Waals surface area contributed by atoms with Gasteiger partial charge in [-0.3, -0.25) is 4.98 Å². The van der Waals surface area contributed by atoms with Gasteiger partial charge in [-0.15, -0.1) is 11.3 Å². The number of anilines is 1. The van der Waals surface area contributed by atoms with Crippen LogP contribution in [0, 0.1) is 6.92 Å². The number of hydrogen-bond donors (Lipinski definition) is 1. The monoisotopic (exact) mass is 288 g/mol. The third-order valence-electron chi connectivity index (χ3n) is 3.13. The number of benzene rings is 1. The molecule has 0 unspecified atom stereocenters. The molecule has 96 valence electrons. The normalized spacial score (nSPS) is 10.8. The van der Waals surface area contributed by atoms with E-state index in [9.17, 15) is 0 Å². The summed E-state index contributed by atoms with van der Waals surface area (Å²) in [6.45, 7) is 2.96. The Labute approximate surface area is 121 Å². The molecular weight excluding hydrogens is 276 g/mol. The number of fused-ring (bicyclic) bond motifs is 1. The highest BCUT2D eigenvalue weighted by Crippen LogP contribution is 2.28. The minimum Gasteiger partial charge on any atom is -0.380 e. The van der Waals surface area contributed by atoms with Gasteiger partial charge in [-0.1, -0.05) is 11.6 Å². The smallest absolute Gasteiger partial charge is 0.0908 e. The first-order valence-electron chi connectivity index (χ1n) is 6.06. The molecule has 2 nitrogen and oxygen atoms in total. The molecule has 0 atom stereocenters. The molecule has 0 spiro atoms. The highest BCUT2D eigenvalue weighted by molar-refractivity contribution is 7.10. The molecule has 0 saturated heterocycles. The van der Waals surface area contributed by atoms with Gasteiger partial charge >= 0.3 is 0 Å². The van der Waals surface area contributed by atoms with E-state index in [-0.39, 0.29) is 0 Å². The fourth-order valence-corrected chi connectivity index (χ4v) is 3.11. The SMILES string of the molecule is Cc1ccsc1CNc1ccc(Cl)c2ncccc12. The number of pyridine rings is 1. The third kappa shape index (κ3) is 2.44. The fraction of sp³-hybridized carbons (Fsp3) is 0.133. The zero-order chi connectivity index (χ0) is 13.2. The molecule has 1 N–H and O–H groups in total. The molecule has 0 aliphatic heterocycles. The Morgan fingerprint density at radius 1 is 1.26 bits per heavy atom. The first kappa shape index (κ1) is 12.5. The largest absolute Gasteiger partial charge is 0.380 e. The molecule has 0 amide bonds. The molecule has 2 aromatic heterocycles. The number of thiophene rings is 1. The molecule has 0 fully saturated rings. The average Bonchev–Trinajstić information content (AvgIpc) is 2.84. The second-order valence-electron chi connectivity index (χ2n) is 4.37. The molecule has 19 heavy (non-hydrogen) atoms. The second kappa shape index (κ2) is 5.19. The summed E-state index contributed by atoms with van der Waals surface area (Å²) < 4.78 is 0. The third-order valence-corrected chi connectivity index (χ3v) is 4.46. The van der Waals surface area contributed by atoms with Crippen LogP contribution < -0.4 is 5.32 Å². The number of nitrogens with zero attached hydrogens (tertiary/aromatic N) is 1. The second-order valence-corrected chi connectivity index (χ2v) is 5.78. The van der Waals surface area contributed by atoms with Crippen LogP contribution in [-0.2, 0) is 6.54 Å². The first-order valence-corrected chi connectivity index (χ1v) is 7.31. The topological polar surface area (TPSA) is 24.9 Å². The molecule has 0 bridgehead atoms. The van der Waals surface area contributed by atoms with Crippen LogP contribution in [0.1, 0.15) is 10.4 Å². The van der Waals surface area contributed by atoms with Crippen molar-refractivity contribution in [3.05, 3.63) is 57.4 Å². The van der Waals surface area contributed by atoms with E-state index >= 15 is 0 Å². The summed E-state index contributed by atoms with van der Waals surface area (Å²) >= 11 is 7.94. The Hall–Kier alpha value is -1.58. The van der Waals surface area contributed by atoms with Gasteiger partial charge in [0.05, 0.1) is 10.5 Å². The van der Waals surface area contributed by atoms with Crippen molar-refractivity contribution in [2.24, 2.45) is 0 Å². The zero-order valence-electron chi connectivity index (χ0n) is 10.5. The summed E-state index contributed by atoms with van der Waals surface area (Å²) in [6.07, 6.45) is 1.77. The van der Waals surface area contributed by atoms with Gasteiger partial charge in [0.1, 0.15) is 0 Å². The molecule has 0 saturated carbocycles. The highest BCUT2D eigenvalue weighted by Gasteiger charge is 2.06. The van der Waals surface area contributed by atoms with Crippen LogP contribution in [0.3, 0.4) is 0 Å². The van der Waals surface area contributed by atoms with Crippen LogP contribution in [-0.4, -0.2) is 4.98 Å². The van der Waals surface area contributed by atoms with E-state index in [0.29, 0.717) is 5.02 Å². The maximum atomic E-state index is 6.17. The van der Waals surface area contributed by atoms with E-state index in [2.05, 4.69) is 28.7 Å². The van der Waals surface area contributed by atoms with Gasteiger partial charge in [-0.2, -0.15) is 0 Å². The Bertz CT molecular complexity index is 721. The molecule has 0 aliphatic rings. The van der Waals surface area contributed by atoms with E-state index in [4.69, 9.17) is 11.6 Å². The molecule has 2 heterocycles. The van der Waals surface area contributed by atoms with Gasteiger partial charge in [0, 0.05) is 28.7 Å². The van der Waals surface area contributed by atoms with Crippen molar-refractivity contribution in [3.8, 4) is 0 Å². The van der Waals surface area contributed by atoms with Gasteiger partial charge < -0.3 is 5.32 Å². The number of aryl methyl sites for hydroxylation is 1. The quantitative estimate of drug-likeness (QED) is 0.744. The summed E-state index contributed by atoms with van der Waals surface area (Å²) in [5, 5.41) is 7.34. The number of hydrogen-bond acceptors (Lipinski definition) is 3. The van der Waals surface area contributed by atoms with E-state index in [1.807, 2.05) is 24.3 Å². The van der Waals surface area contributed by atoms with Crippen LogP contribution in [0.15, 0.2) is 41.9 Å². The number of nitrogens with one attached hydrogen (secondary N) is 1. The molecule has 1 aromatic carbocycles.